The van der Waals surface area contributed by atoms with Crippen molar-refractivity contribution in [3.63, 3.8) is 0 Å². The van der Waals surface area contributed by atoms with Gasteiger partial charge in [-0.05, 0) is 54.8 Å². The second kappa shape index (κ2) is 8.88. The van der Waals surface area contributed by atoms with Gasteiger partial charge < -0.3 is 19.5 Å². The standard InChI is InChI=1S/C21H27NO3/c1-23-19-7-3-16(4-8-19)13-21(22-12-11-17-14-25-15-17)18-5-9-20(24-2)10-6-18/h3-10,17,21-22H,11-15H2,1-2H3. The summed E-state index contributed by atoms with van der Waals surface area (Å²) < 4.78 is 15.8. The number of hydrogen-bond donors (Lipinski definition) is 1. The van der Waals surface area contributed by atoms with Gasteiger partial charge in [-0.15, -0.1) is 0 Å². The smallest absolute Gasteiger partial charge is 0.118 e. The molecule has 0 aliphatic carbocycles. The highest BCUT2D eigenvalue weighted by Gasteiger charge is 2.19. The summed E-state index contributed by atoms with van der Waals surface area (Å²) in [4.78, 5) is 0. The molecule has 0 amide bonds. The number of rotatable bonds is 9. The highest BCUT2D eigenvalue weighted by atomic mass is 16.5. The quantitative estimate of drug-likeness (QED) is 0.756. The van der Waals surface area contributed by atoms with Crippen LogP contribution in [0.2, 0.25) is 0 Å². The van der Waals surface area contributed by atoms with Crippen molar-refractivity contribution in [1.29, 1.82) is 0 Å². The van der Waals surface area contributed by atoms with Gasteiger partial charge in [0.25, 0.3) is 0 Å². The van der Waals surface area contributed by atoms with Crippen LogP contribution in [0.15, 0.2) is 48.5 Å². The zero-order chi connectivity index (χ0) is 17.5. The van der Waals surface area contributed by atoms with E-state index in [0.29, 0.717) is 5.92 Å². The molecular weight excluding hydrogens is 314 g/mol. The average molecular weight is 341 g/mol. The van der Waals surface area contributed by atoms with Crippen LogP contribution in [-0.2, 0) is 11.2 Å². The minimum atomic E-state index is 0.278. The zero-order valence-corrected chi connectivity index (χ0v) is 15.0. The Labute approximate surface area is 150 Å². The van der Waals surface area contributed by atoms with E-state index >= 15 is 0 Å². The van der Waals surface area contributed by atoms with Gasteiger partial charge in [-0.3, -0.25) is 0 Å². The maximum atomic E-state index is 5.28. The molecule has 2 aromatic rings. The highest BCUT2D eigenvalue weighted by Crippen LogP contribution is 2.23. The number of nitrogens with one attached hydrogen (secondary N) is 1. The third kappa shape index (κ3) is 4.97. The van der Waals surface area contributed by atoms with Crippen LogP contribution < -0.4 is 14.8 Å². The molecule has 1 N–H and O–H groups in total. The molecule has 4 nitrogen and oxygen atoms in total. The van der Waals surface area contributed by atoms with Gasteiger partial charge >= 0.3 is 0 Å². The summed E-state index contributed by atoms with van der Waals surface area (Å²) in [6.07, 6.45) is 2.10. The number of hydrogen-bond acceptors (Lipinski definition) is 4. The molecule has 1 unspecified atom stereocenters. The van der Waals surface area contributed by atoms with E-state index in [9.17, 15) is 0 Å². The van der Waals surface area contributed by atoms with Gasteiger partial charge in [-0.25, -0.2) is 0 Å². The molecule has 1 fully saturated rings. The Morgan fingerprint density at radius 1 is 0.960 bits per heavy atom. The molecule has 2 aromatic carbocycles. The van der Waals surface area contributed by atoms with Gasteiger partial charge in [0.15, 0.2) is 0 Å². The van der Waals surface area contributed by atoms with E-state index in [1.165, 1.54) is 11.1 Å². The second-order valence-electron chi connectivity index (χ2n) is 6.52. The summed E-state index contributed by atoms with van der Waals surface area (Å²) >= 11 is 0. The molecule has 1 aliphatic heterocycles. The summed E-state index contributed by atoms with van der Waals surface area (Å²) in [7, 11) is 3.39. The van der Waals surface area contributed by atoms with Crippen LogP contribution >= 0.6 is 0 Å². The topological polar surface area (TPSA) is 39.7 Å². The van der Waals surface area contributed by atoms with Crippen molar-refractivity contribution in [3.05, 3.63) is 59.7 Å². The number of benzene rings is 2. The van der Waals surface area contributed by atoms with Crippen LogP contribution in [0.25, 0.3) is 0 Å². The fourth-order valence-corrected chi connectivity index (χ4v) is 3.05. The largest absolute Gasteiger partial charge is 0.497 e. The van der Waals surface area contributed by atoms with Gasteiger partial charge in [0.05, 0.1) is 27.4 Å². The van der Waals surface area contributed by atoms with Gasteiger partial charge in [0.2, 0.25) is 0 Å². The van der Waals surface area contributed by atoms with E-state index in [1.807, 2.05) is 24.3 Å². The molecule has 0 bridgehead atoms. The molecule has 4 heteroatoms. The molecule has 1 heterocycles. The first-order chi connectivity index (χ1) is 12.3. The van der Waals surface area contributed by atoms with Gasteiger partial charge in [0.1, 0.15) is 11.5 Å². The van der Waals surface area contributed by atoms with Crippen molar-refractivity contribution in [2.24, 2.45) is 5.92 Å². The van der Waals surface area contributed by atoms with Crippen molar-refractivity contribution < 1.29 is 14.2 Å². The van der Waals surface area contributed by atoms with Crippen molar-refractivity contribution >= 4 is 0 Å². The minimum absolute atomic E-state index is 0.278. The van der Waals surface area contributed by atoms with E-state index in [1.54, 1.807) is 14.2 Å². The number of methoxy groups -OCH3 is 2. The molecule has 25 heavy (non-hydrogen) atoms. The van der Waals surface area contributed by atoms with Crippen molar-refractivity contribution in [2.45, 2.75) is 18.9 Å². The summed E-state index contributed by atoms with van der Waals surface area (Å²) in [6, 6.07) is 16.9. The Balaban J connectivity index is 1.67. The molecule has 0 saturated carbocycles. The van der Waals surface area contributed by atoms with Crippen LogP contribution in [0.3, 0.4) is 0 Å². The maximum absolute atomic E-state index is 5.28. The van der Waals surface area contributed by atoms with Crippen LogP contribution in [0, 0.1) is 5.92 Å². The summed E-state index contributed by atoms with van der Waals surface area (Å²) in [5.41, 5.74) is 2.57. The minimum Gasteiger partial charge on any atom is -0.497 e. The van der Waals surface area contributed by atoms with Gasteiger partial charge in [-0.2, -0.15) is 0 Å². The molecule has 0 spiro atoms. The number of ether oxygens (including phenoxy) is 3. The van der Waals surface area contributed by atoms with Crippen molar-refractivity contribution in [1.82, 2.24) is 5.32 Å². The van der Waals surface area contributed by atoms with Crippen LogP contribution in [-0.4, -0.2) is 34.0 Å². The third-order valence-corrected chi connectivity index (χ3v) is 4.77. The SMILES string of the molecule is COc1ccc(CC(NCCC2COC2)c2ccc(OC)cc2)cc1. The van der Waals surface area contributed by atoms with E-state index in [2.05, 4.69) is 29.6 Å². The van der Waals surface area contributed by atoms with Crippen LogP contribution in [0.4, 0.5) is 0 Å². The molecule has 134 valence electrons. The Hall–Kier alpha value is -2.04. The van der Waals surface area contributed by atoms with Crippen LogP contribution in [0.5, 0.6) is 11.5 Å². The summed E-state index contributed by atoms with van der Waals surface area (Å²) in [5, 5.41) is 3.72. The Bertz CT molecular complexity index is 635. The monoisotopic (exact) mass is 341 g/mol. The van der Waals surface area contributed by atoms with E-state index in [0.717, 1.165) is 44.1 Å². The van der Waals surface area contributed by atoms with Gasteiger partial charge in [-0.1, -0.05) is 24.3 Å². The molecular formula is C21H27NO3. The van der Waals surface area contributed by atoms with E-state index in [-0.39, 0.29) is 6.04 Å². The van der Waals surface area contributed by atoms with Crippen molar-refractivity contribution in [2.75, 3.05) is 34.0 Å². The normalized spacial score (nSPS) is 15.4. The lowest BCUT2D eigenvalue weighted by Gasteiger charge is -2.27. The lowest BCUT2D eigenvalue weighted by molar-refractivity contribution is -0.0353. The van der Waals surface area contributed by atoms with E-state index in [4.69, 9.17) is 14.2 Å². The maximum Gasteiger partial charge on any atom is 0.118 e. The van der Waals surface area contributed by atoms with Gasteiger partial charge in [0, 0.05) is 12.0 Å². The van der Waals surface area contributed by atoms with E-state index < -0.39 is 0 Å². The highest BCUT2D eigenvalue weighted by molar-refractivity contribution is 5.32. The lowest BCUT2D eigenvalue weighted by atomic mass is 9.97. The molecule has 0 radical (unpaired) electrons. The van der Waals surface area contributed by atoms with Crippen LogP contribution in [0.1, 0.15) is 23.6 Å². The third-order valence-electron chi connectivity index (χ3n) is 4.77. The summed E-state index contributed by atoms with van der Waals surface area (Å²) in [5.74, 6) is 2.49. The second-order valence-corrected chi connectivity index (χ2v) is 6.52. The molecule has 1 aliphatic rings. The fraction of sp³-hybridized carbons (Fsp3) is 0.429. The zero-order valence-electron chi connectivity index (χ0n) is 15.0. The Morgan fingerprint density at radius 3 is 2.08 bits per heavy atom. The molecule has 1 atom stereocenters. The Kier molecular flexibility index (Phi) is 6.31. The molecule has 3 rings (SSSR count). The predicted octanol–water partition coefficient (Wildman–Crippen LogP) is 3.61. The average Bonchev–Trinajstić information content (AvgIpc) is 2.63. The predicted molar refractivity (Wildman–Crippen MR) is 99.4 cm³/mol. The lowest BCUT2D eigenvalue weighted by Crippen LogP contribution is -2.32. The molecule has 1 saturated heterocycles. The van der Waals surface area contributed by atoms with Crippen molar-refractivity contribution in [3.8, 4) is 11.5 Å². The first-order valence-corrected chi connectivity index (χ1v) is 8.86. The first kappa shape index (κ1) is 17.8. The fourth-order valence-electron chi connectivity index (χ4n) is 3.05. The first-order valence-electron chi connectivity index (χ1n) is 8.86. The summed E-state index contributed by atoms with van der Waals surface area (Å²) in [6.45, 7) is 2.82. The Morgan fingerprint density at radius 2 is 1.56 bits per heavy atom. The molecule has 0 aromatic heterocycles.